The van der Waals surface area contributed by atoms with E-state index < -0.39 is 5.82 Å². The van der Waals surface area contributed by atoms with Crippen LogP contribution in [0.4, 0.5) is 4.39 Å². The van der Waals surface area contributed by atoms with Crippen LogP contribution in [0.2, 0.25) is 0 Å². The third-order valence-corrected chi connectivity index (χ3v) is 3.56. The van der Waals surface area contributed by atoms with E-state index in [0.29, 0.717) is 15.8 Å². The molecule has 98 valence electrons. The van der Waals surface area contributed by atoms with Crippen LogP contribution < -0.4 is 4.74 Å². The maximum Gasteiger partial charge on any atom is 0.165 e. The molecule has 19 heavy (non-hydrogen) atoms. The van der Waals surface area contributed by atoms with Gasteiger partial charge >= 0.3 is 0 Å². The zero-order chi connectivity index (χ0) is 14.0. The summed E-state index contributed by atoms with van der Waals surface area (Å²) in [5, 5.41) is 0. The highest BCUT2D eigenvalue weighted by atomic mass is 79.9. The normalized spacial score (nSPS) is 10.3. The Morgan fingerprint density at radius 2 is 1.84 bits per heavy atom. The highest BCUT2D eigenvalue weighted by Gasteiger charge is 2.10. The summed E-state index contributed by atoms with van der Waals surface area (Å²) in [6.45, 7) is 1.48. The molecule has 2 nitrogen and oxygen atoms in total. The SMILES string of the molecule is CC(=O)c1ccc(Oc2cc(Br)ccc2F)c(Br)c1. The van der Waals surface area contributed by atoms with E-state index in [1.807, 2.05) is 0 Å². The number of benzene rings is 2. The molecule has 5 heteroatoms. The van der Waals surface area contributed by atoms with Crippen molar-refractivity contribution in [3.63, 3.8) is 0 Å². The van der Waals surface area contributed by atoms with Gasteiger partial charge in [0.25, 0.3) is 0 Å². The predicted octanol–water partition coefficient (Wildman–Crippen LogP) is 5.35. The first-order valence-electron chi connectivity index (χ1n) is 5.41. The van der Waals surface area contributed by atoms with Gasteiger partial charge in [-0.25, -0.2) is 4.39 Å². The van der Waals surface area contributed by atoms with Crippen molar-refractivity contribution in [2.24, 2.45) is 0 Å². The third kappa shape index (κ3) is 3.42. The summed E-state index contributed by atoms with van der Waals surface area (Å²) in [5.41, 5.74) is 0.564. The zero-order valence-electron chi connectivity index (χ0n) is 9.91. The Kier molecular flexibility index (Phi) is 4.37. The van der Waals surface area contributed by atoms with Gasteiger partial charge in [-0.15, -0.1) is 0 Å². The van der Waals surface area contributed by atoms with Crippen LogP contribution in [0.1, 0.15) is 17.3 Å². The minimum atomic E-state index is -0.453. The smallest absolute Gasteiger partial charge is 0.165 e. The molecule has 0 heterocycles. The van der Waals surface area contributed by atoms with Gasteiger partial charge in [0, 0.05) is 10.0 Å². The van der Waals surface area contributed by atoms with Crippen LogP contribution in [-0.4, -0.2) is 5.78 Å². The number of halogens is 3. The maximum atomic E-state index is 13.6. The van der Waals surface area contributed by atoms with Crippen LogP contribution in [0.15, 0.2) is 45.3 Å². The van der Waals surface area contributed by atoms with Crippen molar-refractivity contribution in [3.8, 4) is 11.5 Å². The van der Waals surface area contributed by atoms with Crippen LogP contribution in [0.25, 0.3) is 0 Å². The monoisotopic (exact) mass is 386 g/mol. The molecule has 0 saturated heterocycles. The molecular weight excluding hydrogens is 379 g/mol. The zero-order valence-corrected chi connectivity index (χ0v) is 13.1. The standard InChI is InChI=1S/C14H9Br2FO2/c1-8(18)9-2-5-13(11(16)6-9)19-14-7-10(15)3-4-12(14)17/h2-7H,1H3. The van der Waals surface area contributed by atoms with Crippen LogP contribution >= 0.6 is 31.9 Å². The van der Waals surface area contributed by atoms with Crippen molar-refractivity contribution in [1.29, 1.82) is 0 Å². The molecule has 0 unspecified atom stereocenters. The Balaban J connectivity index is 2.33. The Bertz CT molecular complexity index is 641. The lowest BCUT2D eigenvalue weighted by Gasteiger charge is -2.09. The van der Waals surface area contributed by atoms with Crippen LogP contribution in [0, 0.1) is 5.82 Å². The molecule has 0 atom stereocenters. The molecule has 0 spiro atoms. The molecule has 2 aromatic carbocycles. The number of ether oxygens (including phenoxy) is 1. The second-order valence-electron chi connectivity index (χ2n) is 3.88. The van der Waals surface area contributed by atoms with Gasteiger partial charge in [-0.2, -0.15) is 0 Å². The average Bonchev–Trinajstić information content (AvgIpc) is 2.36. The molecule has 0 aliphatic carbocycles. The third-order valence-electron chi connectivity index (χ3n) is 2.45. The fourth-order valence-corrected chi connectivity index (χ4v) is 2.28. The summed E-state index contributed by atoms with van der Waals surface area (Å²) in [4.78, 5) is 11.2. The van der Waals surface area contributed by atoms with Crippen molar-refractivity contribution in [3.05, 3.63) is 56.7 Å². The van der Waals surface area contributed by atoms with Gasteiger partial charge < -0.3 is 4.74 Å². The average molecular weight is 388 g/mol. The first kappa shape index (κ1) is 14.2. The molecule has 0 amide bonds. The Labute approximate surface area is 126 Å². The van der Waals surface area contributed by atoms with Gasteiger partial charge in [-0.05, 0) is 59.3 Å². The van der Waals surface area contributed by atoms with Crippen molar-refractivity contribution in [2.45, 2.75) is 6.92 Å². The van der Waals surface area contributed by atoms with Gasteiger partial charge in [0.2, 0.25) is 0 Å². The lowest BCUT2D eigenvalue weighted by atomic mass is 10.1. The van der Waals surface area contributed by atoms with Crippen molar-refractivity contribution >= 4 is 37.6 Å². The second kappa shape index (κ2) is 5.84. The number of carbonyl (C=O) groups excluding carboxylic acids is 1. The minimum absolute atomic E-state index is 0.0408. The number of ketones is 1. The molecule has 0 N–H and O–H groups in total. The number of hydrogen-bond donors (Lipinski definition) is 0. The summed E-state index contributed by atoms with van der Waals surface area (Å²) < 4.78 is 20.4. The summed E-state index contributed by atoms with van der Waals surface area (Å²) in [6.07, 6.45) is 0. The molecule has 0 fully saturated rings. The topological polar surface area (TPSA) is 26.3 Å². The van der Waals surface area contributed by atoms with E-state index in [1.165, 1.54) is 13.0 Å². The minimum Gasteiger partial charge on any atom is -0.453 e. The van der Waals surface area contributed by atoms with Crippen LogP contribution in [-0.2, 0) is 0 Å². The summed E-state index contributed by atoms with van der Waals surface area (Å²) in [5.74, 6) is 0.0688. The maximum absolute atomic E-state index is 13.6. The molecule has 0 radical (unpaired) electrons. The first-order valence-corrected chi connectivity index (χ1v) is 6.99. The lowest BCUT2D eigenvalue weighted by molar-refractivity contribution is 0.101. The number of rotatable bonds is 3. The van der Waals surface area contributed by atoms with Crippen LogP contribution in [0.3, 0.4) is 0 Å². The fraction of sp³-hybridized carbons (Fsp3) is 0.0714. The molecular formula is C14H9Br2FO2. The molecule has 0 saturated carbocycles. The van der Waals surface area contributed by atoms with E-state index in [4.69, 9.17) is 4.74 Å². The van der Waals surface area contributed by atoms with E-state index in [2.05, 4.69) is 31.9 Å². The Morgan fingerprint density at radius 3 is 2.47 bits per heavy atom. The highest BCUT2D eigenvalue weighted by molar-refractivity contribution is 9.10. The van der Waals surface area contributed by atoms with Crippen LogP contribution in [0.5, 0.6) is 11.5 Å². The Hall–Kier alpha value is -1.20. The Morgan fingerprint density at radius 1 is 1.11 bits per heavy atom. The van der Waals surface area contributed by atoms with E-state index in [9.17, 15) is 9.18 Å². The molecule has 2 aromatic rings. The van der Waals surface area contributed by atoms with E-state index in [0.717, 1.165) is 4.47 Å². The van der Waals surface area contributed by atoms with Gasteiger partial charge in [0.1, 0.15) is 5.75 Å². The molecule has 0 aliphatic rings. The second-order valence-corrected chi connectivity index (χ2v) is 5.65. The number of carbonyl (C=O) groups is 1. The molecule has 0 aliphatic heterocycles. The quantitative estimate of drug-likeness (QED) is 0.664. The van der Waals surface area contributed by atoms with E-state index in [1.54, 1.807) is 30.3 Å². The number of Topliss-reactive ketones (excluding diaryl/α,β-unsaturated/α-hetero) is 1. The van der Waals surface area contributed by atoms with E-state index in [-0.39, 0.29) is 11.5 Å². The lowest BCUT2D eigenvalue weighted by Crippen LogP contribution is -1.94. The van der Waals surface area contributed by atoms with Gasteiger partial charge in [-0.1, -0.05) is 15.9 Å². The van der Waals surface area contributed by atoms with Crippen molar-refractivity contribution < 1.29 is 13.9 Å². The van der Waals surface area contributed by atoms with Gasteiger partial charge in [0.05, 0.1) is 4.47 Å². The van der Waals surface area contributed by atoms with Crippen molar-refractivity contribution in [2.75, 3.05) is 0 Å². The number of hydrogen-bond acceptors (Lipinski definition) is 2. The van der Waals surface area contributed by atoms with Gasteiger partial charge in [0.15, 0.2) is 17.3 Å². The van der Waals surface area contributed by atoms with Crippen molar-refractivity contribution in [1.82, 2.24) is 0 Å². The summed E-state index contributed by atoms with van der Waals surface area (Å²) in [7, 11) is 0. The summed E-state index contributed by atoms with van der Waals surface area (Å²) >= 11 is 6.56. The fourth-order valence-electron chi connectivity index (χ4n) is 1.48. The molecule has 0 bridgehead atoms. The first-order chi connectivity index (χ1) is 8.97. The largest absolute Gasteiger partial charge is 0.453 e. The van der Waals surface area contributed by atoms with E-state index >= 15 is 0 Å². The predicted molar refractivity (Wildman–Crippen MR) is 78.3 cm³/mol. The molecule has 0 aromatic heterocycles. The highest BCUT2D eigenvalue weighted by Crippen LogP contribution is 2.33. The molecule has 2 rings (SSSR count). The summed E-state index contributed by atoms with van der Waals surface area (Å²) in [6, 6.07) is 9.36. The van der Waals surface area contributed by atoms with Gasteiger partial charge in [-0.3, -0.25) is 4.79 Å².